The maximum atomic E-state index is 10.1. The molecule has 14 heavy (non-hydrogen) atoms. The minimum absolute atomic E-state index is 0.148. The molecule has 0 heterocycles. The van der Waals surface area contributed by atoms with Crippen LogP contribution in [0, 0.1) is 0 Å². The van der Waals surface area contributed by atoms with E-state index in [0.29, 0.717) is 6.54 Å². The Balaban J connectivity index is 0.000000791. The molecule has 0 aromatic heterocycles. The molecule has 0 aliphatic carbocycles. The molecule has 0 spiro atoms. The Morgan fingerprint density at radius 3 is 2.36 bits per heavy atom. The van der Waals surface area contributed by atoms with Gasteiger partial charge in [0.25, 0.3) is 0 Å². The van der Waals surface area contributed by atoms with Crippen LogP contribution in [0.3, 0.4) is 0 Å². The first-order chi connectivity index (χ1) is 6.79. The molecule has 0 atom stereocenters. The molecule has 0 radical (unpaired) electrons. The highest BCUT2D eigenvalue weighted by Gasteiger charge is 1.94. The number of para-hydroxylation sites is 1. The molecule has 1 aromatic rings. The van der Waals surface area contributed by atoms with Gasteiger partial charge in [0.2, 0.25) is 0 Å². The standard InChI is InChI=1S/C9H11NO2.C2H6/c11-9(12)6-7-10-8-4-2-1-3-5-8;1-2/h1-5,10H,6-7H2,(H,11,12);1-2H3. The number of nitrogens with one attached hydrogen (secondary N) is 1. The summed E-state index contributed by atoms with van der Waals surface area (Å²) in [7, 11) is 0. The zero-order valence-electron chi connectivity index (χ0n) is 8.66. The molecular formula is C11H17NO2. The van der Waals surface area contributed by atoms with Crippen molar-refractivity contribution in [3.05, 3.63) is 30.3 Å². The quantitative estimate of drug-likeness (QED) is 0.776. The van der Waals surface area contributed by atoms with Crippen molar-refractivity contribution < 1.29 is 9.90 Å². The van der Waals surface area contributed by atoms with Crippen LogP contribution in [0.5, 0.6) is 0 Å². The molecule has 2 N–H and O–H groups in total. The number of hydrogen-bond donors (Lipinski definition) is 2. The van der Waals surface area contributed by atoms with Crippen molar-refractivity contribution in [3.63, 3.8) is 0 Å². The van der Waals surface area contributed by atoms with Crippen molar-refractivity contribution in [3.8, 4) is 0 Å². The van der Waals surface area contributed by atoms with Crippen LogP contribution in [0.25, 0.3) is 0 Å². The third-order valence-corrected chi connectivity index (χ3v) is 1.44. The SMILES string of the molecule is CC.O=C(O)CCNc1ccccc1. The van der Waals surface area contributed by atoms with Gasteiger partial charge in [0.1, 0.15) is 0 Å². The van der Waals surface area contributed by atoms with Gasteiger partial charge in [-0.15, -0.1) is 0 Å². The Bertz CT molecular complexity index is 247. The van der Waals surface area contributed by atoms with Crippen LogP contribution in [0.2, 0.25) is 0 Å². The molecule has 0 saturated heterocycles. The topological polar surface area (TPSA) is 49.3 Å². The summed E-state index contributed by atoms with van der Waals surface area (Å²) in [6.45, 7) is 4.47. The molecule has 0 aliphatic rings. The van der Waals surface area contributed by atoms with E-state index in [0.717, 1.165) is 5.69 Å². The minimum Gasteiger partial charge on any atom is -0.481 e. The molecule has 0 bridgehead atoms. The molecule has 1 rings (SSSR count). The highest BCUT2D eigenvalue weighted by Crippen LogP contribution is 2.03. The van der Waals surface area contributed by atoms with E-state index in [-0.39, 0.29) is 6.42 Å². The van der Waals surface area contributed by atoms with E-state index in [2.05, 4.69) is 5.32 Å². The van der Waals surface area contributed by atoms with Gasteiger partial charge in [-0.2, -0.15) is 0 Å². The lowest BCUT2D eigenvalue weighted by molar-refractivity contribution is -0.136. The number of anilines is 1. The van der Waals surface area contributed by atoms with Gasteiger partial charge in [-0.3, -0.25) is 4.79 Å². The molecule has 0 aliphatic heterocycles. The monoisotopic (exact) mass is 195 g/mol. The smallest absolute Gasteiger partial charge is 0.305 e. The van der Waals surface area contributed by atoms with E-state index < -0.39 is 5.97 Å². The van der Waals surface area contributed by atoms with Gasteiger partial charge in [0.15, 0.2) is 0 Å². The van der Waals surface area contributed by atoms with Crippen molar-refractivity contribution in [2.24, 2.45) is 0 Å². The number of hydrogen-bond acceptors (Lipinski definition) is 2. The lowest BCUT2D eigenvalue weighted by Gasteiger charge is -2.02. The van der Waals surface area contributed by atoms with Gasteiger partial charge in [0.05, 0.1) is 6.42 Å². The second-order valence-electron chi connectivity index (χ2n) is 2.44. The lowest BCUT2D eigenvalue weighted by Crippen LogP contribution is -2.07. The number of rotatable bonds is 4. The molecule has 78 valence electrons. The van der Waals surface area contributed by atoms with Crippen molar-refractivity contribution in [2.75, 3.05) is 11.9 Å². The first kappa shape index (κ1) is 12.5. The van der Waals surface area contributed by atoms with E-state index in [1.165, 1.54) is 0 Å². The Hall–Kier alpha value is -1.51. The molecular weight excluding hydrogens is 178 g/mol. The van der Waals surface area contributed by atoms with Crippen molar-refractivity contribution in [2.45, 2.75) is 20.3 Å². The first-order valence-corrected chi connectivity index (χ1v) is 4.80. The van der Waals surface area contributed by atoms with Crippen LogP contribution in [-0.2, 0) is 4.79 Å². The maximum absolute atomic E-state index is 10.1. The summed E-state index contributed by atoms with van der Waals surface area (Å²) in [5.74, 6) is -0.779. The van der Waals surface area contributed by atoms with E-state index in [1.807, 2.05) is 44.2 Å². The second-order valence-corrected chi connectivity index (χ2v) is 2.44. The highest BCUT2D eigenvalue weighted by molar-refractivity contribution is 5.67. The van der Waals surface area contributed by atoms with Gasteiger partial charge in [-0.1, -0.05) is 32.0 Å². The fourth-order valence-electron chi connectivity index (χ4n) is 0.870. The van der Waals surface area contributed by atoms with Gasteiger partial charge >= 0.3 is 5.97 Å². The predicted molar refractivity (Wildman–Crippen MR) is 58.5 cm³/mol. The summed E-state index contributed by atoms with van der Waals surface area (Å²) < 4.78 is 0. The molecule has 3 nitrogen and oxygen atoms in total. The zero-order valence-corrected chi connectivity index (χ0v) is 8.66. The summed E-state index contributed by atoms with van der Waals surface area (Å²) >= 11 is 0. The molecule has 1 aromatic carbocycles. The molecule has 0 amide bonds. The summed E-state index contributed by atoms with van der Waals surface area (Å²) in [5.41, 5.74) is 0.957. The average molecular weight is 195 g/mol. The molecule has 0 fully saturated rings. The second kappa shape index (κ2) is 8.10. The Morgan fingerprint density at radius 2 is 1.86 bits per heavy atom. The highest BCUT2D eigenvalue weighted by atomic mass is 16.4. The number of carboxylic acid groups (broad SMARTS) is 1. The minimum atomic E-state index is -0.779. The fraction of sp³-hybridized carbons (Fsp3) is 0.364. The fourth-order valence-corrected chi connectivity index (χ4v) is 0.870. The Morgan fingerprint density at radius 1 is 1.29 bits per heavy atom. The number of benzene rings is 1. The summed E-state index contributed by atoms with van der Waals surface area (Å²) in [6.07, 6.45) is 0.148. The summed E-state index contributed by atoms with van der Waals surface area (Å²) in [4.78, 5) is 10.1. The molecule has 0 unspecified atom stereocenters. The average Bonchev–Trinajstić information content (AvgIpc) is 2.22. The van der Waals surface area contributed by atoms with Gasteiger partial charge < -0.3 is 10.4 Å². The van der Waals surface area contributed by atoms with Gasteiger partial charge in [0, 0.05) is 12.2 Å². The van der Waals surface area contributed by atoms with Crippen molar-refractivity contribution in [1.82, 2.24) is 0 Å². The maximum Gasteiger partial charge on any atom is 0.305 e. The third-order valence-electron chi connectivity index (χ3n) is 1.44. The third kappa shape index (κ3) is 6.06. The van der Waals surface area contributed by atoms with E-state index in [9.17, 15) is 4.79 Å². The van der Waals surface area contributed by atoms with Crippen LogP contribution in [0.15, 0.2) is 30.3 Å². The van der Waals surface area contributed by atoms with Crippen LogP contribution in [-0.4, -0.2) is 17.6 Å². The van der Waals surface area contributed by atoms with Crippen LogP contribution >= 0.6 is 0 Å². The number of carbonyl (C=O) groups is 1. The summed E-state index contributed by atoms with van der Waals surface area (Å²) in [5, 5.41) is 11.3. The van der Waals surface area contributed by atoms with Gasteiger partial charge in [-0.25, -0.2) is 0 Å². The molecule has 3 heteroatoms. The Kier molecular flexibility index (Phi) is 7.23. The van der Waals surface area contributed by atoms with E-state index in [1.54, 1.807) is 0 Å². The molecule has 0 saturated carbocycles. The van der Waals surface area contributed by atoms with Crippen LogP contribution in [0.1, 0.15) is 20.3 Å². The van der Waals surface area contributed by atoms with Crippen LogP contribution in [0.4, 0.5) is 5.69 Å². The number of aliphatic carboxylic acids is 1. The normalized spacial score (nSPS) is 8.43. The lowest BCUT2D eigenvalue weighted by atomic mass is 10.3. The van der Waals surface area contributed by atoms with Gasteiger partial charge in [-0.05, 0) is 12.1 Å². The van der Waals surface area contributed by atoms with Crippen molar-refractivity contribution in [1.29, 1.82) is 0 Å². The van der Waals surface area contributed by atoms with Crippen molar-refractivity contribution >= 4 is 11.7 Å². The zero-order chi connectivity index (χ0) is 10.8. The van der Waals surface area contributed by atoms with Crippen LogP contribution < -0.4 is 5.32 Å². The summed E-state index contributed by atoms with van der Waals surface area (Å²) in [6, 6.07) is 9.54. The van der Waals surface area contributed by atoms with E-state index >= 15 is 0 Å². The number of carboxylic acids is 1. The largest absolute Gasteiger partial charge is 0.481 e. The Labute approximate surface area is 84.8 Å². The first-order valence-electron chi connectivity index (χ1n) is 4.80. The van der Waals surface area contributed by atoms with E-state index in [4.69, 9.17) is 5.11 Å². The predicted octanol–water partition coefficient (Wildman–Crippen LogP) is 2.60.